The summed E-state index contributed by atoms with van der Waals surface area (Å²) in [4.78, 5) is 15.8. The van der Waals surface area contributed by atoms with Crippen molar-refractivity contribution in [2.45, 2.75) is 49.9 Å². The first-order valence-corrected chi connectivity index (χ1v) is 9.11. The molecule has 2 aromatic heterocycles. The Bertz CT molecular complexity index is 699. The van der Waals surface area contributed by atoms with E-state index < -0.39 is 6.55 Å². The second-order valence-corrected chi connectivity index (χ2v) is 6.70. The van der Waals surface area contributed by atoms with Crippen LogP contribution in [-0.2, 0) is 11.2 Å². The topological polar surface area (TPSA) is 90.5 Å². The van der Waals surface area contributed by atoms with E-state index in [9.17, 15) is 13.6 Å². The molecule has 0 aliphatic heterocycles. The Labute approximate surface area is 147 Å². The smallest absolute Gasteiger partial charge is 0.319 e. The van der Waals surface area contributed by atoms with Gasteiger partial charge in [0.25, 0.3) is 0 Å². The maximum atomic E-state index is 12.7. The van der Waals surface area contributed by atoms with Crippen molar-refractivity contribution in [2.75, 3.05) is 12.3 Å². The molecule has 0 spiro atoms. The van der Waals surface area contributed by atoms with Crippen LogP contribution in [-0.4, -0.2) is 48.0 Å². The second kappa shape index (κ2) is 8.37. The van der Waals surface area contributed by atoms with E-state index in [0.717, 1.165) is 17.4 Å². The van der Waals surface area contributed by atoms with Crippen LogP contribution in [0.3, 0.4) is 0 Å². The maximum absolute atomic E-state index is 12.7. The molecular weight excluding hydrogens is 352 g/mol. The summed E-state index contributed by atoms with van der Waals surface area (Å²) < 4.78 is 28.0. The molecule has 11 heteroatoms. The van der Waals surface area contributed by atoms with E-state index in [-0.39, 0.29) is 30.5 Å². The SMILES string of the molecule is O=C(CSc1nnnn1C1CCCC1)NCCc1nccn1C(F)F. The van der Waals surface area contributed by atoms with Gasteiger partial charge in [-0.1, -0.05) is 24.6 Å². The number of carbonyl (C=O) groups excluding carboxylic acids is 1. The van der Waals surface area contributed by atoms with Crippen LogP contribution in [0.25, 0.3) is 0 Å². The molecule has 0 bridgehead atoms. The molecule has 0 aromatic carbocycles. The van der Waals surface area contributed by atoms with E-state index in [1.54, 1.807) is 4.68 Å². The summed E-state index contributed by atoms with van der Waals surface area (Å²) in [5.41, 5.74) is 0. The molecule has 0 unspecified atom stereocenters. The fraction of sp³-hybridized carbons (Fsp3) is 0.643. The zero-order chi connectivity index (χ0) is 17.6. The summed E-state index contributed by atoms with van der Waals surface area (Å²) in [5, 5.41) is 15.0. The first-order chi connectivity index (χ1) is 12.1. The van der Waals surface area contributed by atoms with Gasteiger partial charge in [-0.3, -0.25) is 9.36 Å². The quantitative estimate of drug-likeness (QED) is 0.712. The molecule has 2 aromatic rings. The number of hydrogen-bond acceptors (Lipinski definition) is 6. The van der Waals surface area contributed by atoms with E-state index in [1.807, 2.05) is 0 Å². The number of nitrogens with one attached hydrogen (secondary N) is 1. The third-order valence-corrected chi connectivity index (χ3v) is 5.03. The van der Waals surface area contributed by atoms with Crippen LogP contribution < -0.4 is 5.32 Å². The Hall–Kier alpha value is -2.04. The lowest BCUT2D eigenvalue weighted by Gasteiger charge is -2.11. The Kier molecular flexibility index (Phi) is 5.95. The van der Waals surface area contributed by atoms with Gasteiger partial charge in [0.2, 0.25) is 11.1 Å². The molecule has 0 radical (unpaired) electrons. The predicted octanol–water partition coefficient (Wildman–Crippen LogP) is 1.83. The molecule has 25 heavy (non-hydrogen) atoms. The van der Waals surface area contributed by atoms with Crippen molar-refractivity contribution in [3.63, 3.8) is 0 Å². The minimum atomic E-state index is -2.63. The Morgan fingerprint density at radius 1 is 1.40 bits per heavy atom. The average Bonchev–Trinajstić information content (AvgIpc) is 3.32. The largest absolute Gasteiger partial charge is 0.355 e. The van der Waals surface area contributed by atoms with Gasteiger partial charge < -0.3 is 5.32 Å². The lowest BCUT2D eigenvalue weighted by atomic mass is 10.3. The van der Waals surface area contributed by atoms with E-state index >= 15 is 0 Å². The lowest BCUT2D eigenvalue weighted by molar-refractivity contribution is -0.118. The maximum Gasteiger partial charge on any atom is 0.319 e. The molecule has 1 saturated carbocycles. The van der Waals surface area contributed by atoms with Gasteiger partial charge in [-0.05, 0) is 23.3 Å². The molecule has 8 nitrogen and oxygen atoms in total. The van der Waals surface area contributed by atoms with Gasteiger partial charge in [0.15, 0.2) is 0 Å². The van der Waals surface area contributed by atoms with E-state index in [0.29, 0.717) is 11.2 Å². The Balaban J connectivity index is 1.43. The highest BCUT2D eigenvalue weighted by molar-refractivity contribution is 7.99. The number of halogens is 2. The zero-order valence-corrected chi connectivity index (χ0v) is 14.3. The average molecular weight is 371 g/mol. The normalized spacial score (nSPS) is 15.2. The molecule has 1 fully saturated rings. The monoisotopic (exact) mass is 371 g/mol. The standard InChI is InChI=1S/C14H19F2N7OS/c15-13(16)22-8-7-17-11(22)5-6-18-12(24)9-25-14-19-20-21-23(14)10-3-1-2-4-10/h7-8,10,13H,1-6,9H2,(H,18,24). The second-order valence-electron chi connectivity index (χ2n) is 5.76. The summed E-state index contributed by atoms with van der Waals surface area (Å²) in [6.45, 7) is -2.38. The van der Waals surface area contributed by atoms with Gasteiger partial charge in [0.1, 0.15) is 5.82 Å². The summed E-state index contributed by atoms with van der Waals surface area (Å²) in [5.74, 6) is 0.227. The van der Waals surface area contributed by atoms with Crippen molar-refractivity contribution in [2.24, 2.45) is 0 Å². The molecule has 3 rings (SSSR count). The van der Waals surface area contributed by atoms with Gasteiger partial charge in [0, 0.05) is 25.4 Å². The molecule has 1 amide bonds. The highest BCUT2D eigenvalue weighted by atomic mass is 32.2. The number of nitrogens with zero attached hydrogens (tertiary/aromatic N) is 6. The first-order valence-electron chi connectivity index (χ1n) is 8.12. The van der Waals surface area contributed by atoms with E-state index in [4.69, 9.17) is 0 Å². The van der Waals surface area contributed by atoms with Crippen molar-refractivity contribution in [1.82, 2.24) is 35.1 Å². The molecule has 2 heterocycles. The zero-order valence-electron chi connectivity index (χ0n) is 13.5. The molecule has 0 atom stereocenters. The third kappa shape index (κ3) is 4.53. The summed E-state index contributed by atoms with van der Waals surface area (Å²) in [7, 11) is 0. The number of tetrazole rings is 1. The van der Waals surface area contributed by atoms with Gasteiger partial charge in [-0.15, -0.1) is 5.10 Å². The number of thioether (sulfide) groups is 1. The van der Waals surface area contributed by atoms with Crippen molar-refractivity contribution >= 4 is 17.7 Å². The molecule has 0 saturated heterocycles. The van der Waals surface area contributed by atoms with Gasteiger partial charge in [-0.2, -0.15) is 8.78 Å². The number of carbonyl (C=O) groups is 1. The minimum absolute atomic E-state index is 0.177. The summed E-state index contributed by atoms with van der Waals surface area (Å²) in [6, 6.07) is 0.314. The number of imidazole rings is 1. The Morgan fingerprint density at radius 3 is 2.96 bits per heavy atom. The van der Waals surface area contributed by atoms with Crippen molar-refractivity contribution in [1.29, 1.82) is 0 Å². The van der Waals surface area contributed by atoms with Crippen LogP contribution in [0.1, 0.15) is 44.1 Å². The van der Waals surface area contributed by atoms with Crippen LogP contribution in [0.15, 0.2) is 17.6 Å². The van der Waals surface area contributed by atoms with Crippen LogP contribution in [0, 0.1) is 0 Å². The summed E-state index contributed by atoms with van der Waals surface area (Å²) in [6.07, 6.45) is 7.24. The van der Waals surface area contributed by atoms with Crippen LogP contribution >= 0.6 is 11.8 Å². The van der Waals surface area contributed by atoms with Gasteiger partial charge >= 0.3 is 6.55 Å². The Morgan fingerprint density at radius 2 is 2.20 bits per heavy atom. The van der Waals surface area contributed by atoms with Crippen LogP contribution in [0.2, 0.25) is 0 Å². The fourth-order valence-electron chi connectivity index (χ4n) is 2.87. The van der Waals surface area contributed by atoms with E-state index in [1.165, 1.54) is 37.0 Å². The lowest BCUT2D eigenvalue weighted by Crippen LogP contribution is -2.28. The predicted molar refractivity (Wildman–Crippen MR) is 86.2 cm³/mol. The van der Waals surface area contributed by atoms with Gasteiger partial charge in [0.05, 0.1) is 11.8 Å². The molecule has 136 valence electrons. The highest BCUT2D eigenvalue weighted by Crippen LogP contribution is 2.31. The van der Waals surface area contributed by atoms with Crippen molar-refractivity contribution in [3.8, 4) is 0 Å². The number of aromatic nitrogens is 6. The number of rotatable bonds is 8. The number of hydrogen-bond donors (Lipinski definition) is 1. The summed E-state index contributed by atoms with van der Waals surface area (Å²) >= 11 is 1.28. The minimum Gasteiger partial charge on any atom is -0.355 e. The van der Waals surface area contributed by atoms with Gasteiger partial charge in [-0.25, -0.2) is 9.67 Å². The molecular formula is C14H19F2N7OS. The van der Waals surface area contributed by atoms with Crippen LogP contribution in [0.5, 0.6) is 0 Å². The van der Waals surface area contributed by atoms with Crippen molar-refractivity contribution in [3.05, 3.63) is 18.2 Å². The highest BCUT2D eigenvalue weighted by Gasteiger charge is 2.22. The van der Waals surface area contributed by atoms with Crippen molar-refractivity contribution < 1.29 is 13.6 Å². The fourth-order valence-corrected chi connectivity index (χ4v) is 3.64. The number of amides is 1. The molecule has 1 aliphatic rings. The molecule has 1 aliphatic carbocycles. The number of alkyl halides is 2. The third-order valence-electron chi connectivity index (χ3n) is 4.10. The van der Waals surface area contributed by atoms with Crippen LogP contribution in [0.4, 0.5) is 8.78 Å². The molecule has 1 N–H and O–H groups in total. The first kappa shape index (κ1) is 17.8. The van der Waals surface area contributed by atoms with E-state index in [2.05, 4.69) is 25.8 Å².